The van der Waals surface area contributed by atoms with Crippen molar-refractivity contribution in [2.45, 2.75) is 18.9 Å². The Balaban J connectivity index is 2.07. The topological polar surface area (TPSA) is 93.3 Å². The molecule has 0 aliphatic heterocycles. The summed E-state index contributed by atoms with van der Waals surface area (Å²) in [5.74, 6) is -1.17. The highest BCUT2D eigenvalue weighted by atomic mass is 32.1. The summed E-state index contributed by atoms with van der Waals surface area (Å²) in [7, 11) is 0. The number of carbonyl (C=O) groups excluding carboxylic acids is 1. The maximum Gasteiger partial charge on any atom is 0.320 e. The largest absolute Gasteiger partial charge is 0.480 e. The minimum Gasteiger partial charge on any atom is -0.480 e. The summed E-state index contributed by atoms with van der Waals surface area (Å²) < 4.78 is 0.948. The van der Waals surface area contributed by atoms with E-state index in [4.69, 9.17) is 10.8 Å². The zero-order valence-electron chi connectivity index (χ0n) is 9.50. The number of pyridine rings is 1. The fourth-order valence-electron chi connectivity index (χ4n) is 1.54. The molecule has 2 rings (SSSR count). The van der Waals surface area contributed by atoms with Gasteiger partial charge in [0.25, 0.3) is 0 Å². The number of nitrogens with two attached hydrogens (primary N) is 1. The molecule has 0 aliphatic carbocycles. The van der Waals surface area contributed by atoms with E-state index in [1.807, 2.05) is 12.1 Å². The maximum absolute atomic E-state index is 11.9. The van der Waals surface area contributed by atoms with Crippen molar-refractivity contribution in [2.24, 2.45) is 5.73 Å². The van der Waals surface area contributed by atoms with Gasteiger partial charge in [0.05, 0.1) is 15.1 Å². The second kappa shape index (κ2) is 5.24. The van der Waals surface area contributed by atoms with E-state index in [-0.39, 0.29) is 18.6 Å². The van der Waals surface area contributed by atoms with E-state index < -0.39 is 12.0 Å². The van der Waals surface area contributed by atoms with Crippen LogP contribution in [0.25, 0.3) is 10.2 Å². The molecule has 0 bridgehead atoms. The number of hydrogen-bond donors (Lipinski definition) is 2. The van der Waals surface area contributed by atoms with Gasteiger partial charge in [0, 0.05) is 12.6 Å². The molecule has 2 aromatic rings. The van der Waals surface area contributed by atoms with Crippen LogP contribution in [0, 0.1) is 0 Å². The van der Waals surface area contributed by atoms with Gasteiger partial charge in [-0.15, -0.1) is 11.3 Å². The molecular formula is C12H12N2O3S. The molecule has 1 atom stereocenters. The summed E-state index contributed by atoms with van der Waals surface area (Å²) in [6.45, 7) is 0. The summed E-state index contributed by atoms with van der Waals surface area (Å²) in [5, 5.41) is 8.64. The molecule has 0 aliphatic rings. The molecule has 0 fully saturated rings. The monoisotopic (exact) mass is 264 g/mol. The van der Waals surface area contributed by atoms with Crippen LogP contribution in [0.4, 0.5) is 0 Å². The maximum atomic E-state index is 11.9. The SMILES string of the molecule is N[C@H](CCC(=O)c1cc2ncccc2s1)C(=O)O. The normalized spacial score (nSPS) is 12.5. The van der Waals surface area contributed by atoms with Crippen LogP contribution in [-0.2, 0) is 4.79 Å². The highest BCUT2D eigenvalue weighted by molar-refractivity contribution is 7.20. The van der Waals surface area contributed by atoms with Gasteiger partial charge in [-0.1, -0.05) is 0 Å². The van der Waals surface area contributed by atoms with Crippen molar-refractivity contribution in [2.75, 3.05) is 0 Å². The summed E-state index contributed by atoms with van der Waals surface area (Å²) in [6, 6.07) is 4.45. The molecule has 0 spiro atoms. The first-order chi connectivity index (χ1) is 8.58. The predicted octanol–water partition coefficient (Wildman–Crippen LogP) is 1.67. The van der Waals surface area contributed by atoms with Crippen molar-refractivity contribution in [1.82, 2.24) is 4.98 Å². The fourth-order valence-corrected chi connectivity index (χ4v) is 2.53. The number of nitrogens with zero attached hydrogens (tertiary/aromatic N) is 1. The van der Waals surface area contributed by atoms with Crippen LogP contribution >= 0.6 is 11.3 Å². The van der Waals surface area contributed by atoms with Crippen molar-refractivity contribution in [1.29, 1.82) is 0 Å². The molecule has 2 aromatic heterocycles. The number of aromatic nitrogens is 1. The second-order valence-corrected chi connectivity index (χ2v) is 4.99. The quantitative estimate of drug-likeness (QED) is 0.801. The number of carboxylic acids is 1. The molecule has 18 heavy (non-hydrogen) atoms. The fraction of sp³-hybridized carbons (Fsp3) is 0.250. The Bertz CT molecular complexity index is 561. The van der Waals surface area contributed by atoms with Gasteiger partial charge in [0.15, 0.2) is 5.78 Å². The van der Waals surface area contributed by atoms with E-state index in [0.717, 1.165) is 10.2 Å². The van der Waals surface area contributed by atoms with Crippen LogP contribution in [0.1, 0.15) is 22.5 Å². The molecule has 94 valence electrons. The van der Waals surface area contributed by atoms with Crippen LogP contribution in [0.2, 0.25) is 0 Å². The minimum absolute atomic E-state index is 0.0882. The molecule has 5 nitrogen and oxygen atoms in total. The highest BCUT2D eigenvalue weighted by Crippen LogP contribution is 2.24. The first-order valence-corrected chi connectivity index (χ1v) is 6.25. The van der Waals surface area contributed by atoms with Crippen LogP contribution < -0.4 is 5.73 Å². The number of hydrogen-bond acceptors (Lipinski definition) is 5. The van der Waals surface area contributed by atoms with Crippen LogP contribution in [0.3, 0.4) is 0 Å². The number of carbonyl (C=O) groups is 2. The number of thiophene rings is 1. The standard InChI is InChI=1S/C12H12N2O3S/c13-7(12(16)17)3-4-9(15)11-6-8-10(18-11)2-1-5-14-8/h1-2,5-7H,3-4,13H2,(H,16,17)/t7-/m1/s1. The lowest BCUT2D eigenvalue weighted by Crippen LogP contribution is -2.30. The number of aliphatic carboxylic acids is 1. The molecule has 0 saturated carbocycles. The van der Waals surface area contributed by atoms with Gasteiger partial charge < -0.3 is 10.8 Å². The second-order valence-electron chi connectivity index (χ2n) is 3.90. The van der Waals surface area contributed by atoms with Crippen molar-refractivity contribution in [3.05, 3.63) is 29.3 Å². The molecule has 0 unspecified atom stereocenters. The summed E-state index contributed by atoms with van der Waals surface area (Å²) >= 11 is 1.37. The Morgan fingerprint density at radius 3 is 2.94 bits per heavy atom. The molecular weight excluding hydrogens is 252 g/mol. The van der Waals surface area contributed by atoms with Crippen LogP contribution in [0.5, 0.6) is 0 Å². The number of rotatable bonds is 5. The van der Waals surface area contributed by atoms with Gasteiger partial charge in [0.1, 0.15) is 6.04 Å². The number of Topliss-reactive ketones (excluding diaryl/α,β-unsaturated/α-hetero) is 1. The smallest absolute Gasteiger partial charge is 0.320 e. The zero-order chi connectivity index (χ0) is 13.1. The van der Waals surface area contributed by atoms with Crippen molar-refractivity contribution < 1.29 is 14.7 Å². The minimum atomic E-state index is -1.08. The van der Waals surface area contributed by atoms with E-state index in [9.17, 15) is 9.59 Å². The first kappa shape index (κ1) is 12.7. The highest BCUT2D eigenvalue weighted by Gasteiger charge is 2.16. The van der Waals surface area contributed by atoms with E-state index in [1.54, 1.807) is 12.3 Å². The Labute approximate surface area is 107 Å². The van der Waals surface area contributed by atoms with Gasteiger partial charge >= 0.3 is 5.97 Å². The first-order valence-electron chi connectivity index (χ1n) is 5.44. The van der Waals surface area contributed by atoms with Gasteiger partial charge in [-0.25, -0.2) is 0 Å². The summed E-state index contributed by atoms with van der Waals surface area (Å²) in [6.07, 6.45) is 1.96. The Morgan fingerprint density at radius 1 is 1.50 bits per heavy atom. The third-order valence-corrected chi connectivity index (χ3v) is 3.69. The van der Waals surface area contributed by atoms with Crippen molar-refractivity contribution in [3.8, 4) is 0 Å². The third-order valence-electron chi connectivity index (χ3n) is 2.56. The molecule has 2 heterocycles. The number of carboxylic acid groups (broad SMARTS) is 1. The Hall–Kier alpha value is -1.79. The molecule has 0 radical (unpaired) electrons. The van der Waals surface area contributed by atoms with Gasteiger partial charge in [0.2, 0.25) is 0 Å². The average Bonchev–Trinajstić information content (AvgIpc) is 2.79. The lowest BCUT2D eigenvalue weighted by Gasteiger charge is -2.03. The molecule has 6 heteroatoms. The lowest BCUT2D eigenvalue weighted by atomic mass is 10.1. The van der Waals surface area contributed by atoms with E-state index in [1.165, 1.54) is 11.3 Å². The van der Waals surface area contributed by atoms with Crippen molar-refractivity contribution in [3.63, 3.8) is 0 Å². The zero-order valence-corrected chi connectivity index (χ0v) is 10.3. The van der Waals surface area contributed by atoms with E-state index in [0.29, 0.717) is 4.88 Å². The number of ketones is 1. The van der Waals surface area contributed by atoms with Crippen LogP contribution in [0.15, 0.2) is 24.4 Å². The Kier molecular flexibility index (Phi) is 3.69. The van der Waals surface area contributed by atoms with Crippen LogP contribution in [-0.4, -0.2) is 27.9 Å². The molecule has 0 amide bonds. The summed E-state index contributed by atoms with van der Waals surface area (Å²) in [5.41, 5.74) is 6.14. The van der Waals surface area contributed by atoms with E-state index in [2.05, 4.69) is 4.98 Å². The lowest BCUT2D eigenvalue weighted by molar-refractivity contribution is -0.138. The number of fused-ring (bicyclic) bond motifs is 1. The Morgan fingerprint density at radius 2 is 2.28 bits per heavy atom. The molecule has 0 aromatic carbocycles. The van der Waals surface area contributed by atoms with Crippen molar-refractivity contribution >= 4 is 33.3 Å². The average molecular weight is 264 g/mol. The molecule has 3 N–H and O–H groups in total. The molecule has 0 saturated heterocycles. The third kappa shape index (κ3) is 2.72. The predicted molar refractivity (Wildman–Crippen MR) is 68.8 cm³/mol. The summed E-state index contributed by atoms with van der Waals surface area (Å²) in [4.78, 5) is 27.2. The van der Waals surface area contributed by atoms with E-state index >= 15 is 0 Å². The van der Waals surface area contributed by atoms with Gasteiger partial charge in [-0.05, 0) is 24.6 Å². The van der Waals surface area contributed by atoms with Gasteiger partial charge in [-0.3, -0.25) is 14.6 Å². The van der Waals surface area contributed by atoms with Gasteiger partial charge in [-0.2, -0.15) is 0 Å².